The van der Waals surface area contributed by atoms with E-state index in [0.717, 1.165) is 0 Å². The van der Waals surface area contributed by atoms with Crippen LogP contribution in [0.5, 0.6) is 0 Å². The quantitative estimate of drug-likeness (QED) is 0.572. The number of aromatic nitrogens is 3. The summed E-state index contributed by atoms with van der Waals surface area (Å²) in [5, 5.41) is 7.59. The van der Waals surface area contributed by atoms with Crippen molar-refractivity contribution in [3.05, 3.63) is 72.1 Å². The Balaban J connectivity index is 1.21. The minimum absolute atomic E-state index is 0.247. The third-order valence-corrected chi connectivity index (χ3v) is 5.96. The van der Waals surface area contributed by atoms with Crippen molar-refractivity contribution in [1.29, 1.82) is 0 Å². The van der Waals surface area contributed by atoms with Gasteiger partial charge in [0.25, 0.3) is 5.91 Å². The molecule has 0 bridgehead atoms. The van der Waals surface area contributed by atoms with Gasteiger partial charge in [-0.05, 0) is 36.4 Å². The molecule has 0 aliphatic carbocycles. The highest BCUT2D eigenvalue weighted by atomic mass is 19.1. The van der Waals surface area contributed by atoms with Crippen LogP contribution in [0.15, 0.2) is 54.9 Å². The molecule has 2 saturated heterocycles. The number of piperazine rings is 1. The molecule has 0 unspecified atom stereocenters. The number of carbonyl (C=O) groups is 2. The summed E-state index contributed by atoms with van der Waals surface area (Å²) < 4.78 is 35.4. The largest absolute Gasteiger partial charge is 0.442 e. The molecular formula is C23H22F2N6O3. The van der Waals surface area contributed by atoms with Gasteiger partial charge in [0.05, 0.1) is 30.7 Å². The number of benzene rings is 2. The van der Waals surface area contributed by atoms with Crippen LogP contribution in [-0.2, 0) is 11.3 Å². The molecule has 9 nitrogen and oxygen atoms in total. The van der Waals surface area contributed by atoms with E-state index in [4.69, 9.17) is 4.74 Å². The minimum atomic E-state index is -0.540. The summed E-state index contributed by atoms with van der Waals surface area (Å²) in [5.41, 5.74) is 1.10. The van der Waals surface area contributed by atoms with E-state index in [1.165, 1.54) is 29.2 Å². The van der Waals surface area contributed by atoms with Gasteiger partial charge in [-0.3, -0.25) is 9.69 Å². The zero-order chi connectivity index (χ0) is 23.7. The normalized spacial score (nSPS) is 18.4. The Kier molecular flexibility index (Phi) is 5.83. The first-order chi connectivity index (χ1) is 16.5. The van der Waals surface area contributed by atoms with E-state index in [1.807, 2.05) is 4.90 Å². The zero-order valence-corrected chi connectivity index (χ0v) is 18.2. The lowest BCUT2D eigenvalue weighted by Gasteiger charge is -2.36. The molecule has 2 aromatic carbocycles. The van der Waals surface area contributed by atoms with Crippen LogP contribution in [0, 0.1) is 11.6 Å². The minimum Gasteiger partial charge on any atom is -0.442 e. The van der Waals surface area contributed by atoms with Crippen molar-refractivity contribution in [2.45, 2.75) is 12.6 Å². The van der Waals surface area contributed by atoms with Gasteiger partial charge in [0.1, 0.15) is 17.7 Å². The fourth-order valence-electron chi connectivity index (χ4n) is 4.24. The standard InChI is InChI=1S/C23H22F2N6O3/c24-17-3-1-2-16(12-17)22(32)29-10-8-28(9-11-29)21-5-4-18(13-20(21)25)31-15-19(34-23(31)33)14-30-7-6-26-27-30/h1-7,12-13,19H,8-11,14-15H2/t19-/m0/s1. The number of ether oxygens (including phenoxy) is 1. The van der Waals surface area contributed by atoms with Gasteiger partial charge in [-0.1, -0.05) is 11.3 Å². The van der Waals surface area contributed by atoms with E-state index in [1.54, 1.807) is 40.2 Å². The second-order valence-electron chi connectivity index (χ2n) is 8.17. The molecule has 0 radical (unpaired) electrons. The van der Waals surface area contributed by atoms with Gasteiger partial charge >= 0.3 is 6.09 Å². The number of nitrogens with zero attached hydrogens (tertiary/aromatic N) is 6. The Labute approximate surface area is 194 Å². The van der Waals surface area contributed by atoms with E-state index in [0.29, 0.717) is 49.7 Å². The molecule has 3 heterocycles. The van der Waals surface area contributed by atoms with E-state index < -0.39 is 23.8 Å². The molecule has 5 rings (SSSR count). The lowest BCUT2D eigenvalue weighted by atomic mass is 10.1. The lowest BCUT2D eigenvalue weighted by Crippen LogP contribution is -2.49. The van der Waals surface area contributed by atoms with Gasteiger partial charge in [-0.2, -0.15) is 0 Å². The van der Waals surface area contributed by atoms with Crippen molar-refractivity contribution in [3.8, 4) is 0 Å². The van der Waals surface area contributed by atoms with E-state index >= 15 is 4.39 Å². The zero-order valence-electron chi connectivity index (χ0n) is 18.2. The first kappa shape index (κ1) is 21.8. The van der Waals surface area contributed by atoms with Gasteiger partial charge in [-0.25, -0.2) is 18.3 Å². The molecule has 3 aromatic rings. The van der Waals surface area contributed by atoms with Crippen molar-refractivity contribution < 1.29 is 23.1 Å². The third-order valence-electron chi connectivity index (χ3n) is 5.96. The number of rotatable bonds is 5. The molecule has 2 fully saturated rings. The van der Waals surface area contributed by atoms with Crippen LogP contribution in [0.1, 0.15) is 10.4 Å². The molecule has 0 spiro atoms. The average molecular weight is 468 g/mol. The maximum Gasteiger partial charge on any atom is 0.414 e. The Bertz CT molecular complexity index is 1200. The fraction of sp³-hybridized carbons (Fsp3) is 0.304. The van der Waals surface area contributed by atoms with Crippen LogP contribution in [0.4, 0.5) is 25.0 Å². The maximum absolute atomic E-state index is 15.0. The Hall–Kier alpha value is -4.02. The summed E-state index contributed by atoms with van der Waals surface area (Å²) in [5.74, 6) is -1.17. The first-order valence-electron chi connectivity index (χ1n) is 10.9. The molecule has 176 valence electrons. The van der Waals surface area contributed by atoms with Gasteiger partial charge in [0, 0.05) is 37.9 Å². The Morgan fingerprint density at radius 2 is 1.91 bits per heavy atom. The van der Waals surface area contributed by atoms with Crippen molar-refractivity contribution in [2.75, 3.05) is 42.5 Å². The molecule has 0 saturated carbocycles. The molecule has 11 heteroatoms. The van der Waals surface area contributed by atoms with Crippen LogP contribution in [0.3, 0.4) is 0 Å². The van der Waals surface area contributed by atoms with Crippen LogP contribution in [0.25, 0.3) is 0 Å². The number of anilines is 2. The topological polar surface area (TPSA) is 83.8 Å². The molecule has 1 aromatic heterocycles. The lowest BCUT2D eigenvalue weighted by molar-refractivity contribution is 0.0746. The SMILES string of the molecule is O=C(c1cccc(F)c1)N1CCN(c2ccc(N3C[C@H](Cn4ccnn4)OC3=O)cc2F)CC1. The number of carbonyl (C=O) groups excluding carboxylic acids is 2. The third kappa shape index (κ3) is 4.41. The van der Waals surface area contributed by atoms with Crippen molar-refractivity contribution >= 4 is 23.4 Å². The second kappa shape index (κ2) is 9.08. The van der Waals surface area contributed by atoms with E-state index in [9.17, 15) is 14.0 Å². The van der Waals surface area contributed by atoms with Crippen molar-refractivity contribution in [1.82, 2.24) is 19.9 Å². The first-order valence-corrected chi connectivity index (χ1v) is 10.9. The summed E-state index contributed by atoms with van der Waals surface area (Å²) in [4.78, 5) is 29.8. The molecule has 2 aliphatic rings. The highest BCUT2D eigenvalue weighted by Crippen LogP contribution is 2.29. The molecule has 2 amide bonds. The van der Waals surface area contributed by atoms with Crippen LogP contribution in [-0.4, -0.2) is 70.7 Å². The van der Waals surface area contributed by atoms with Crippen LogP contribution < -0.4 is 9.80 Å². The van der Waals surface area contributed by atoms with E-state index in [-0.39, 0.29) is 12.5 Å². The molecule has 2 aliphatic heterocycles. The number of cyclic esters (lactones) is 1. The predicted molar refractivity (Wildman–Crippen MR) is 119 cm³/mol. The second-order valence-corrected chi connectivity index (χ2v) is 8.17. The number of halogens is 2. The predicted octanol–water partition coefficient (Wildman–Crippen LogP) is 2.54. The maximum atomic E-state index is 15.0. The highest BCUT2D eigenvalue weighted by Gasteiger charge is 2.33. The molecule has 0 N–H and O–H groups in total. The summed E-state index contributed by atoms with van der Waals surface area (Å²) in [7, 11) is 0. The van der Waals surface area contributed by atoms with Gasteiger partial charge in [0.2, 0.25) is 0 Å². The Morgan fingerprint density at radius 3 is 2.62 bits per heavy atom. The molecule has 34 heavy (non-hydrogen) atoms. The molecule has 1 atom stereocenters. The number of hydrogen-bond donors (Lipinski definition) is 0. The van der Waals surface area contributed by atoms with Gasteiger partial charge in [-0.15, -0.1) is 5.10 Å². The summed E-state index contributed by atoms with van der Waals surface area (Å²) in [6, 6.07) is 10.2. The summed E-state index contributed by atoms with van der Waals surface area (Å²) >= 11 is 0. The smallest absolute Gasteiger partial charge is 0.414 e. The number of hydrogen-bond acceptors (Lipinski definition) is 6. The van der Waals surface area contributed by atoms with Crippen LogP contribution >= 0.6 is 0 Å². The fourth-order valence-corrected chi connectivity index (χ4v) is 4.24. The molecular weight excluding hydrogens is 446 g/mol. The van der Waals surface area contributed by atoms with Crippen molar-refractivity contribution in [3.63, 3.8) is 0 Å². The average Bonchev–Trinajstić information content (AvgIpc) is 3.48. The van der Waals surface area contributed by atoms with E-state index in [2.05, 4.69) is 10.3 Å². The van der Waals surface area contributed by atoms with Crippen molar-refractivity contribution in [2.24, 2.45) is 0 Å². The highest BCUT2D eigenvalue weighted by molar-refractivity contribution is 5.94. The van der Waals surface area contributed by atoms with Gasteiger partial charge in [0.15, 0.2) is 0 Å². The summed E-state index contributed by atoms with van der Waals surface area (Å²) in [6.07, 6.45) is 2.26. The Morgan fingerprint density at radius 1 is 1.09 bits per heavy atom. The van der Waals surface area contributed by atoms with Crippen LogP contribution in [0.2, 0.25) is 0 Å². The summed E-state index contributed by atoms with van der Waals surface area (Å²) in [6.45, 7) is 2.28. The monoisotopic (exact) mass is 468 g/mol. The van der Waals surface area contributed by atoms with Gasteiger partial charge < -0.3 is 14.5 Å². The number of amides is 2.